The molecule has 2 aromatic rings. The molecule has 0 unspecified atom stereocenters. The molecule has 0 amide bonds. The summed E-state index contributed by atoms with van der Waals surface area (Å²) in [5.74, 6) is 0.492. The second-order valence-corrected chi connectivity index (χ2v) is 6.07. The molecular formula is C10H12N4O2S2. The summed E-state index contributed by atoms with van der Waals surface area (Å²) in [5, 5.41) is 8.35. The van der Waals surface area contributed by atoms with E-state index in [0.717, 1.165) is 5.56 Å². The Morgan fingerprint density at radius 1 is 1.28 bits per heavy atom. The molecule has 1 heterocycles. The predicted octanol–water partition coefficient (Wildman–Crippen LogP) is 0.905. The van der Waals surface area contributed by atoms with Crippen molar-refractivity contribution in [1.82, 2.24) is 9.36 Å². The molecule has 2 rings (SSSR count). The van der Waals surface area contributed by atoms with E-state index in [4.69, 9.17) is 5.14 Å². The van der Waals surface area contributed by atoms with E-state index >= 15 is 0 Å². The maximum atomic E-state index is 10.8. The van der Waals surface area contributed by atoms with E-state index in [2.05, 4.69) is 14.7 Å². The van der Waals surface area contributed by atoms with Gasteiger partial charge < -0.3 is 5.32 Å². The van der Waals surface area contributed by atoms with Gasteiger partial charge in [0.05, 0.1) is 5.75 Å². The Hall–Kier alpha value is -1.51. The minimum Gasteiger partial charge on any atom is -0.359 e. The molecule has 0 bridgehead atoms. The molecule has 0 aliphatic carbocycles. The first kappa shape index (κ1) is 12.9. The summed E-state index contributed by atoms with van der Waals surface area (Å²) in [4.78, 5) is 4.26. The number of anilines is 1. The summed E-state index contributed by atoms with van der Waals surface area (Å²) in [6, 6.07) is 9.56. The molecule has 0 spiro atoms. The van der Waals surface area contributed by atoms with Gasteiger partial charge in [-0.15, -0.1) is 0 Å². The lowest BCUT2D eigenvalue weighted by molar-refractivity contribution is 0.598. The highest BCUT2D eigenvalue weighted by Gasteiger charge is 2.07. The molecule has 0 saturated heterocycles. The van der Waals surface area contributed by atoms with Gasteiger partial charge in [-0.25, -0.2) is 13.6 Å². The van der Waals surface area contributed by atoms with Crippen LogP contribution >= 0.6 is 11.5 Å². The quantitative estimate of drug-likeness (QED) is 0.850. The first-order chi connectivity index (χ1) is 8.54. The first-order valence-electron chi connectivity index (χ1n) is 5.18. The van der Waals surface area contributed by atoms with Gasteiger partial charge in [0.2, 0.25) is 15.2 Å². The fraction of sp³-hybridized carbons (Fsp3) is 0.200. The van der Waals surface area contributed by atoms with E-state index in [1.54, 1.807) is 0 Å². The minimum absolute atomic E-state index is 0.132. The Labute approximate surface area is 109 Å². The second-order valence-electron chi connectivity index (χ2n) is 3.58. The maximum absolute atomic E-state index is 10.8. The van der Waals surface area contributed by atoms with Crippen LogP contribution in [-0.4, -0.2) is 30.1 Å². The van der Waals surface area contributed by atoms with Gasteiger partial charge in [-0.05, 0) is 0 Å². The molecule has 0 radical (unpaired) electrons. The van der Waals surface area contributed by atoms with Crippen LogP contribution in [0.2, 0.25) is 0 Å². The number of hydrogen-bond acceptors (Lipinski definition) is 6. The van der Waals surface area contributed by atoms with Crippen LogP contribution in [0, 0.1) is 0 Å². The van der Waals surface area contributed by atoms with Crippen LogP contribution in [0.5, 0.6) is 0 Å². The van der Waals surface area contributed by atoms with Crippen molar-refractivity contribution in [1.29, 1.82) is 0 Å². The zero-order valence-electron chi connectivity index (χ0n) is 9.41. The lowest BCUT2D eigenvalue weighted by Crippen LogP contribution is -2.22. The number of rotatable bonds is 5. The summed E-state index contributed by atoms with van der Waals surface area (Å²) in [6.07, 6.45) is 0. The number of nitrogens with one attached hydrogen (secondary N) is 1. The Morgan fingerprint density at radius 3 is 2.67 bits per heavy atom. The third-order valence-corrected chi connectivity index (χ3v) is 3.57. The molecule has 3 N–H and O–H groups in total. The lowest BCUT2D eigenvalue weighted by Gasteiger charge is -1.99. The molecule has 0 saturated carbocycles. The maximum Gasteiger partial charge on any atom is 0.210 e. The first-order valence-corrected chi connectivity index (χ1v) is 7.67. The van der Waals surface area contributed by atoms with Crippen LogP contribution in [0.15, 0.2) is 30.3 Å². The SMILES string of the molecule is NS(=O)(=O)CCNc1nc(-c2ccccc2)ns1. The number of nitrogens with two attached hydrogens (primary N) is 1. The number of hydrogen-bond donors (Lipinski definition) is 2. The third-order valence-electron chi connectivity index (χ3n) is 2.12. The molecular weight excluding hydrogens is 272 g/mol. The van der Waals surface area contributed by atoms with E-state index in [-0.39, 0.29) is 12.3 Å². The normalized spacial score (nSPS) is 11.4. The van der Waals surface area contributed by atoms with Crippen molar-refractivity contribution in [2.75, 3.05) is 17.6 Å². The predicted molar refractivity (Wildman–Crippen MR) is 71.8 cm³/mol. The van der Waals surface area contributed by atoms with Crippen molar-refractivity contribution in [3.63, 3.8) is 0 Å². The molecule has 0 aliphatic rings. The monoisotopic (exact) mass is 284 g/mol. The lowest BCUT2D eigenvalue weighted by atomic mass is 10.2. The summed E-state index contributed by atoms with van der Waals surface area (Å²) >= 11 is 1.19. The van der Waals surface area contributed by atoms with Gasteiger partial charge in [0.25, 0.3) is 0 Å². The molecule has 6 nitrogen and oxygen atoms in total. The second kappa shape index (κ2) is 5.42. The molecule has 0 aliphatic heterocycles. The third kappa shape index (κ3) is 3.76. The topological polar surface area (TPSA) is 98.0 Å². The van der Waals surface area contributed by atoms with Gasteiger partial charge >= 0.3 is 0 Å². The summed E-state index contributed by atoms with van der Waals surface area (Å²) in [5.41, 5.74) is 0.924. The van der Waals surface area contributed by atoms with Crippen LogP contribution in [0.25, 0.3) is 11.4 Å². The van der Waals surface area contributed by atoms with Gasteiger partial charge in [-0.1, -0.05) is 30.3 Å². The van der Waals surface area contributed by atoms with Gasteiger partial charge in [0, 0.05) is 23.6 Å². The Kier molecular flexibility index (Phi) is 3.90. The molecule has 1 aromatic heterocycles. The Bertz CT molecular complexity index is 610. The smallest absolute Gasteiger partial charge is 0.210 e. The molecule has 0 fully saturated rings. The van der Waals surface area contributed by atoms with E-state index in [0.29, 0.717) is 11.0 Å². The highest BCUT2D eigenvalue weighted by molar-refractivity contribution is 7.89. The Balaban J connectivity index is 1.99. The highest BCUT2D eigenvalue weighted by Crippen LogP contribution is 2.20. The standard InChI is InChI=1S/C10H12N4O2S2/c11-18(15,16)7-6-12-10-13-9(14-17-10)8-4-2-1-3-5-8/h1-5H,6-7H2,(H2,11,15,16)(H,12,13,14). The van der Waals surface area contributed by atoms with Gasteiger partial charge in [-0.3, -0.25) is 0 Å². The van der Waals surface area contributed by atoms with Crippen LogP contribution in [-0.2, 0) is 10.0 Å². The van der Waals surface area contributed by atoms with E-state index in [1.807, 2.05) is 30.3 Å². The zero-order chi connectivity index (χ0) is 13.0. The number of aromatic nitrogens is 2. The molecule has 0 atom stereocenters. The van der Waals surface area contributed by atoms with Crippen LogP contribution in [0.1, 0.15) is 0 Å². The van der Waals surface area contributed by atoms with E-state index in [9.17, 15) is 8.42 Å². The minimum atomic E-state index is -3.45. The number of primary sulfonamides is 1. The fourth-order valence-electron chi connectivity index (χ4n) is 1.30. The van der Waals surface area contributed by atoms with E-state index in [1.165, 1.54) is 11.5 Å². The fourth-order valence-corrected chi connectivity index (χ4v) is 2.30. The summed E-state index contributed by atoms with van der Waals surface area (Å²) < 4.78 is 25.7. The van der Waals surface area contributed by atoms with Gasteiger partial charge in [0.15, 0.2) is 5.82 Å². The molecule has 1 aromatic carbocycles. The van der Waals surface area contributed by atoms with Crippen molar-refractivity contribution in [2.24, 2.45) is 5.14 Å². The van der Waals surface area contributed by atoms with Crippen molar-refractivity contribution < 1.29 is 8.42 Å². The Morgan fingerprint density at radius 2 is 2.00 bits per heavy atom. The number of nitrogens with zero attached hydrogens (tertiary/aromatic N) is 2. The summed E-state index contributed by atoms with van der Waals surface area (Å²) in [7, 11) is -3.45. The largest absolute Gasteiger partial charge is 0.359 e. The van der Waals surface area contributed by atoms with E-state index < -0.39 is 10.0 Å². The van der Waals surface area contributed by atoms with Crippen molar-refractivity contribution in [3.8, 4) is 11.4 Å². The molecule has 18 heavy (non-hydrogen) atoms. The van der Waals surface area contributed by atoms with Gasteiger partial charge in [-0.2, -0.15) is 9.36 Å². The van der Waals surface area contributed by atoms with Crippen LogP contribution < -0.4 is 10.5 Å². The van der Waals surface area contributed by atoms with Gasteiger partial charge in [0.1, 0.15) is 0 Å². The van der Waals surface area contributed by atoms with Crippen LogP contribution in [0.4, 0.5) is 5.13 Å². The van der Waals surface area contributed by atoms with Crippen molar-refractivity contribution >= 4 is 26.7 Å². The van der Waals surface area contributed by atoms with Crippen molar-refractivity contribution in [2.45, 2.75) is 0 Å². The average molecular weight is 284 g/mol. The average Bonchev–Trinajstić information content (AvgIpc) is 2.77. The number of sulfonamides is 1. The zero-order valence-corrected chi connectivity index (χ0v) is 11.0. The molecule has 96 valence electrons. The number of benzene rings is 1. The van der Waals surface area contributed by atoms with Crippen molar-refractivity contribution in [3.05, 3.63) is 30.3 Å². The molecule has 8 heteroatoms. The van der Waals surface area contributed by atoms with Crippen LogP contribution in [0.3, 0.4) is 0 Å². The summed E-state index contributed by atoms with van der Waals surface area (Å²) in [6.45, 7) is 0.224. The highest BCUT2D eigenvalue weighted by atomic mass is 32.2.